The van der Waals surface area contributed by atoms with E-state index in [-0.39, 0.29) is 5.92 Å². The highest BCUT2D eigenvalue weighted by molar-refractivity contribution is 7.99. The number of nitrogens with two attached hydrogens (primary N) is 1. The van der Waals surface area contributed by atoms with Gasteiger partial charge in [0.2, 0.25) is 0 Å². The van der Waals surface area contributed by atoms with Crippen LogP contribution in [0.1, 0.15) is 25.6 Å². The largest absolute Gasteiger partial charge is 0.384 e. The van der Waals surface area contributed by atoms with Gasteiger partial charge in [-0.25, -0.2) is 24.9 Å². The molecule has 0 bridgehead atoms. The average Bonchev–Trinajstić information content (AvgIpc) is 2.87. The number of nitrogen functional groups attached to an aromatic ring is 1. The second-order valence-corrected chi connectivity index (χ2v) is 5.54. The summed E-state index contributed by atoms with van der Waals surface area (Å²) in [6.07, 6.45) is 3.08. The van der Waals surface area contributed by atoms with Crippen molar-refractivity contribution in [2.45, 2.75) is 29.8 Å². The predicted octanol–water partition coefficient (Wildman–Crippen LogP) is 2.00. The van der Waals surface area contributed by atoms with E-state index >= 15 is 0 Å². The number of imidazole rings is 1. The number of fused-ring (bicyclic) bond motifs is 1. The van der Waals surface area contributed by atoms with Gasteiger partial charge in [-0.3, -0.25) is 0 Å². The zero-order valence-corrected chi connectivity index (χ0v) is 11.8. The highest BCUT2D eigenvalue weighted by atomic mass is 32.2. The summed E-state index contributed by atoms with van der Waals surface area (Å²) >= 11 is 1.41. The molecule has 0 unspecified atom stereocenters. The van der Waals surface area contributed by atoms with Crippen LogP contribution in [0.25, 0.3) is 11.2 Å². The highest BCUT2D eigenvalue weighted by Gasteiger charge is 2.11. The summed E-state index contributed by atoms with van der Waals surface area (Å²) in [5, 5.41) is 1.52. The Morgan fingerprint density at radius 2 is 2.05 bits per heavy atom. The fourth-order valence-electron chi connectivity index (χ4n) is 1.69. The lowest BCUT2D eigenvalue weighted by atomic mass is 10.2. The summed E-state index contributed by atoms with van der Waals surface area (Å²) in [6, 6.07) is 1.74. The van der Waals surface area contributed by atoms with Crippen LogP contribution in [0.2, 0.25) is 0 Å². The van der Waals surface area contributed by atoms with Gasteiger partial charge in [0.15, 0.2) is 5.65 Å². The Morgan fingerprint density at radius 3 is 2.85 bits per heavy atom. The smallest absolute Gasteiger partial charge is 0.181 e. The number of nitrogens with one attached hydrogen (secondary N) is 1. The maximum absolute atomic E-state index is 5.83. The van der Waals surface area contributed by atoms with E-state index in [9.17, 15) is 0 Å². The van der Waals surface area contributed by atoms with Crippen molar-refractivity contribution in [2.24, 2.45) is 0 Å². The molecule has 102 valence electrons. The van der Waals surface area contributed by atoms with Gasteiger partial charge in [0, 0.05) is 12.0 Å². The molecule has 0 spiro atoms. The molecule has 0 fully saturated rings. The van der Waals surface area contributed by atoms with Gasteiger partial charge in [0.25, 0.3) is 0 Å². The van der Waals surface area contributed by atoms with E-state index < -0.39 is 0 Å². The van der Waals surface area contributed by atoms with Gasteiger partial charge < -0.3 is 10.7 Å². The number of hydrogen-bond donors (Lipinski definition) is 2. The highest BCUT2D eigenvalue weighted by Crippen LogP contribution is 2.29. The third-order valence-corrected chi connectivity index (χ3v) is 3.57. The second-order valence-electron chi connectivity index (χ2n) is 4.53. The SMILES string of the molecule is CC(C)c1nc(N)cc(Sc2ncnc3nc[nH]c23)n1. The molecule has 0 aliphatic heterocycles. The van der Waals surface area contributed by atoms with Crippen LogP contribution >= 0.6 is 11.8 Å². The van der Waals surface area contributed by atoms with Crippen LogP contribution in [0.4, 0.5) is 5.82 Å². The first-order chi connectivity index (χ1) is 9.63. The van der Waals surface area contributed by atoms with Crippen molar-refractivity contribution in [1.29, 1.82) is 0 Å². The molecule has 0 aliphatic rings. The molecule has 0 saturated heterocycles. The lowest BCUT2D eigenvalue weighted by Crippen LogP contribution is -2.02. The van der Waals surface area contributed by atoms with Gasteiger partial charge in [-0.15, -0.1) is 0 Å². The van der Waals surface area contributed by atoms with Crippen molar-refractivity contribution in [2.75, 3.05) is 5.73 Å². The lowest BCUT2D eigenvalue weighted by molar-refractivity contribution is 0.756. The summed E-state index contributed by atoms with van der Waals surface area (Å²) in [5.74, 6) is 1.40. The van der Waals surface area contributed by atoms with Crippen molar-refractivity contribution in [3.05, 3.63) is 24.5 Å². The summed E-state index contributed by atoms with van der Waals surface area (Å²) < 4.78 is 0. The van der Waals surface area contributed by atoms with Crippen LogP contribution < -0.4 is 5.73 Å². The van der Waals surface area contributed by atoms with Crippen molar-refractivity contribution in [1.82, 2.24) is 29.9 Å². The molecule has 3 heterocycles. The molecular formula is C12H13N7S. The first-order valence-corrected chi connectivity index (χ1v) is 6.91. The molecule has 0 aromatic carbocycles. The number of H-pyrrole nitrogens is 1. The van der Waals surface area contributed by atoms with E-state index in [2.05, 4.69) is 29.9 Å². The van der Waals surface area contributed by atoms with Crippen molar-refractivity contribution in [3.8, 4) is 0 Å². The molecule has 3 aromatic heterocycles. The number of aromatic amines is 1. The Morgan fingerprint density at radius 1 is 1.20 bits per heavy atom. The van der Waals surface area contributed by atoms with Crippen LogP contribution in [0.15, 0.2) is 28.8 Å². The molecule has 0 amide bonds. The summed E-state index contributed by atoms with van der Waals surface area (Å²) in [7, 11) is 0. The third-order valence-electron chi connectivity index (χ3n) is 2.65. The molecule has 7 nitrogen and oxygen atoms in total. The van der Waals surface area contributed by atoms with Crippen LogP contribution in [-0.4, -0.2) is 29.9 Å². The van der Waals surface area contributed by atoms with E-state index in [0.717, 1.165) is 21.4 Å². The molecule has 3 aromatic rings. The third kappa shape index (κ3) is 2.42. The summed E-state index contributed by atoms with van der Waals surface area (Å²) in [6.45, 7) is 4.06. The van der Waals surface area contributed by atoms with Gasteiger partial charge in [-0.05, 0) is 11.8 Å². The van der Waals surface area contributed by atoms with E-state index in [0.29, 0.717) is 11.5 Å². The number of aromatic nitrogens is 6. The summed E-state index contributed by atoms with van der Waals surface area (Å²) in [5.41, 5.74) is 7.25. The Bertz CT molecular complexity index is 752. The van der Waals surface area contributed by atoms with E-state index in [1.807, 2.05) is 13.8 Å². The Hall–Kier alpha value is -2.22. The normalized spacial score (nSPS) is 11.3. The standard InChI is InChI=1S/C12H13N7S/c1-6(2)10-18-7(13)3-8(19-10)20-12-9-11(15-4-14-9)16-5-17-12/h3-6H,1-2H3,(H2,13,18,19)(H,14,15,16,17). The molecule has 20 heavy (non-hydrogen) atoms. The number of rotatable bonds is 3. The molecule has 8 heteroatoms. The average molecular weight is 287 g/mol. The summed E-state index contributed by atoms with van der Waals surface area (Å²) in [4.78, 5) is 24.2. The minimum Gasteiger partial charge on any atom is -0.384 e. The Labute approximate surface area is 119 Å². The molecule has 0 saturated carbocycles. The van der Waals surface area contributed by atoms with Crippen molar-refractivity contribution in [3.63, 3.8) is 0 Å². The minimum absolute atomic E-state index is 0.218. The van der Waals surface area contributed by atoms with E-state index in [1.54, 1.807) is 12.4 Å². The molecule has 3 N–H and O–H groups in total. The first kappa shape index (κ1) is 12.8. The first-order valence-electron chi connectivity index (χ1n) is 6.10. The van der Waals surface area contributed by atoms with Gasteiger partial charge in [-0.2, -0.15) is 0 Å². The van der Waals surface area contributed by atoms with Gasteiger partial charge in [0.1, 0.15) is 33.5 Å². The maximum atomic E-state index is 5.83. The van der Waals surface area contributed by atoms with Crippen molar-refractivity contribution < 1.29 is 0 Å². The quantitative estimate of drug-likeness (QED) is 0.709. The monoisotopic (exact) mass is 287 g/mol. The lowest BCUT2D eigenvalue weighted by Gasteiger charge is -2.07. The van der Waals surface area contributed by atoms with Crippen LogP contribution in [-0.2, 0) is 0 Å². The number of nitrogens with zero attached hydrogens (tertiary/aromatic N) is 5. The fourth-order valence-corrected chi connectivity index (χ4v) is 2.56. The van der Waals surface area contributed by atoms with Crippen LogP contribution in [0.5, 0.6) is 0 Å². The molecule has 0 aliphatic carbocycles. The van der Waals surface area contributed by atoms with Gasteiger partial charge >= 0.3 is 0 Å². The number of hydrogen-bond acceptors (Lipinski definition) is 7. The number of anilines is 1. The minimum atomic E-state index is 0.218. The molecule has 0 atom stereocenters. The molecule has 0 radical (unpaired) electrons. The van der Waals surface area contributed by atoms with E-state index in [4.69, 9.17) is 5.73 Å². The zero-order chi connectivity index (χ0) is 14.1. The Kier molecular flexibility index (Phi) is 3.23. The van der Waals surface area contributed by atoms with Gasteiger partial charge in [-0.1, -0.05) is 13.8 Å². The fraction of sp³-hybridized carbons (Fsp3) is 0.250. The zero-order valence-electron chi connectivity index (χ0n) is 11.0. The molecule has 3 rings (SSSR count). The topological polar surface area (TPSA) is 106 Å². The van der Waals surface area contributed by atoms with Crippen molar-refractivity contribution >= 4 is 28.7 Å². The predicted molar refractivity (Wildman–Crippen MR) is 76.3 cm³/mol. The van der Waals surface area contributed by atoms with Crippen LogP contribution in [0, 0.1) is 0 Å². The maximum Gasteiger partial charge on any atom is 0.181 e. The molecular weight excluding hydrogens is 274 g/mol. The van der Waals surface area contributed by atoms with E-state index in [1.165, 1.54) is 18.1 Å². The van der Waals surface area contributed by atoms with Gasteiger partial charge in [0.05, 0.1) is 6.33 Å². The Balaban J connectivity index is 2.00. The second kappa shape index (κ2) is 5.04. The van der Waals surface area contributed by atoms with Crippen LogP contribution in [0.3, 0.4) is 0 Å².